The Balaban J connectivity index is 1.67. The Morgan fingerprint density at radius 2 is 2.30 bits per heavy atom. The van der Waals surface area contributed by atoms with E-state index in [2.05, 4.69) is 21.2 Å². The fourth-order valence-electron chi connectivity index (χ4n) is 3.14. The van der Waals surface area contributed by atoms with Crippen LogP contribution in [0.15, 0.2) is 24.0 Å². The molecule has 0 bridgehead atoms. The van der Waals surface area contributed by atoms with Gasteiger partial charge in [0.1, 0.15) is 5.01 Å². The molecule has 0 aliphatic carbocycles. The zero-order valence-corrected chi connectivity index (χ0v) is 14.5. The van der Waals surface area contributed by atoms with Crippen molar-refractivity contribution in [2.45, 2.75) is 31.5 Å². The Kier molecular flexibility index (Phi) is 5.77. The monoisotopic (exact) mass is 336 g/mol. The van der Waals surface area contributed by atoms with Gasteiger partial charge in [0, 0.05) is 44.5 Å². The molecule has 23 heavy (non-hydrogen) atoms. The van der Waals surface area contributed by atoms with Gasteiger partial charge >= 0.3 is 0 Å². The van der Waals surface area contributed by atoms with Crippen molar-refractivity contribution >= 4 is 11.3 Å². The first kappa shape index (κ1) is 16.6. The SMILES string of the molecule is COCCO[C@H]1CCN(Cc2nccs2)[C@H]1Cc1cnn(C)c1. The van der Waals surface area contributed by atoms with E-state index in [1.165, 1.54) is 10.6 Å². The second-order valence-electron chi connectivity index (χ2n) is 5.88. The zero-order valence-electron chi connectivity index (χ0n) is 13.7. The average Bonchev–Trinajstić information content (AvgIpc) is 3.26. The van der Waals surface area contributed by atoms with Crippen molar-refractivity contribution < 1.29 is 9.47 Å². The fourth-order valence-corrected chi connectivity index (χ4v) is 3.78. The molecule has 0 saturated carbocycles. The van der Waals surface area contributed by atoms with E-state index >= 15 is 0 Å². The van der Waals surface area contributed by atoms with E-state index in [4.69, 9.17) is 9.47 Å². The molecule has 0 aromatic carbocycles. The zero-order chi connectivity index (χ0) is 16.1. The number of thiazole rings is 1. The molecule has 0 unspecified atom stereocenters. The number of nitrogens with zero attached hydrogens (tertiary/aromatic N) is 4. The van der Waals surface area contributed by atoms with Gasteiger partial charge in [0.25, 0.3) is 0 Å². The third-order valence-electron chi connectivity index (χ3n) is 4.24. The van der Waals surface area contributed by atoms with Crippen LogP contribution in [0.1, 0.15) is 17.0 Å². The van der Waals surface area contributed by atoms with E-state index in [1.807, 2.05) is 29.5 Å². The third-order valence-corrected chi connectivity index (χ3v) is 5.01. The molecule has 2 aromatic rings. The minimum absolute atomic E-state index is 0.241. The molecule has 3 rings (SSSR count). The van der Waals surface area contributed by atoms with Gasteiger partial charge in [-0.1, -0.05) is 0 Å². The number of ether oxygens (including phenoxy) is 2. The highest BCUT2D eigenvalue weighted by atomic mass is 32.1. The lowest BCUT2D eigenvalue weighted by atomic mass is 10.0. The van der Waals surface area contributed by atoms with Crippen LogP contribution in [0.25, 0.3) is 0 Å². The lowest BCUT2D eigenvalue weighted by Gasteiger charge is -2.27. The fraction of sp³-hybridized carbons (Fsp3) is 0.625. The van der Waals surface area contributed by atoms with Gasteiger partial charge in [0.2, 0.25) is 0 Å². The second kappa shape index (κ2) is 8.01. The average molecular weight is 336 g/mol. The molecule has 126 valence electrons. The van der Waals surface area contributed by atoms with Gasteiger partial charge in [0.15, 0.2) is 0 Å². The molecule has 0 amide bonds. The van der Waals surface area contributed by atoms with Crippen LogP contribution in [0.5, 0.6) is 0 Å². The Morgan fingerprint density at radius 1 is 1.39 bits per heavy atom. The Hall–Kier alpha value is -1.28. The summed E-state index contributed by atoms with van der Waals surface area (Å²) in [6.45, 7) is 3.23. The van der Waals surface area contributed by atoms with Crippen molar-refractivity contribution in [1.29, 1.82) is 0 Å². The number of hydrogen-bond acceptors (Lipinski definition) is 6. The summed E-state index contributed by atoms with van der Waals surface area (Å²) in [7, 11) is 3.66. The molecule has 7 heteroatoms. The third kappa shape index (κ3) is 4.38. The van der Waals surface area contributed by atoms with Crippen LogP contribution in [0.2, 0.25) is 0 Å². The normalized spacial score (nSPS) is 22.0. The summed E-state index contributed by atoms with van der Waals surface area (Å²) < 4.78 is 13.0. The summed E-state index contributed by atoms with van der Waals surface area (Å²) in [6, 6.07) is 0.361. The van der Waals surface area contributed by atoms with Gasteiger partial charge in [-0.05, 0) is 18.4 Å². The highest BCUT2D eigenvalue weighted by molar-refractivity contribution is 7.09. The molecule has 2 aromatic heterocycles. The van der Waals surface area contributed by atoms with Crippen molar-refractivity contribution in [2.75, 3.05) is 26.9 Å². The summed E-state index contributed by atoms with van der Waals surface area (Å²) >= 11 is 1.71. The largest absolute Gasteiger partial charge is 0.382 e. The smallest absolute Gasteiger partial charge is 0.107 e. The van der Waals surface area contributed by atoms with Crippen LogP contribution in [-0.2, 0) is 29.5 Å². The molecule has 0 N–H and O–H groups in total. The topological polar surface area (TPSA) is 52.4 Å². The van der Waals surface area contributed by atoms with Crippen LogP contribution >= 0.6 is 11.3 Å². The maximum absolute atomic E-state index is 6.07. The molecule has 1 fully saturated rings. The van der Waals surface area contributed by atoms with Gasteiger partial charge in [-0.25, -0.2) is 4.98 Å². The van der Waals surface area contributed by atoms with Crippen molar-refractivity contribution in [2.24, 2.45) is 7.05 Å². The van der Waals surface area contributed by atoms with E-state index in [-0.39, 0.29) is 6.10 Å². The van der Waals surface area contributed by atoms with Crippen molar-refractivity contribution in [3.8, 4) is 0 Å². The van der Waals surface area contributed by atoms with Gasteiger partial charge in [-0.2, -0.15) is 5.10 Å². The highest BCUT2D eigenvalue weighted by Crippen LogP contribution is 2.26. The molecular formula is C16H24N4O2S. The van der Waals surface area contributed by atoms with Crippen molar-refractivity contribution in [1.82, 2.24) is 19.7 Å². The summed E-state index contributed by atoms with van der Waals surface area (Å²) in [5.74, 6) is 0. The molecule has 6 nitrogen and oxygen atoms in total. The molecule has 0 radical (unpaired) electrons. The summed E-state index contributed by atoms with van der Waals surface area (Å²) in [5, 5.41) is 7.49. The maximum Gasteiger partial charge on any atom is 0.107 e. The number of aromatic nitrogens is 3. The summed E-state index contributed by atoms with van der Waals surface area (Å²) in [5.41, 5.74) is 1.25. The maximum atomic E-state index is 6.07. The van der Waals surface area contributed by atoms with Gasteiger partial charge in [-0.3, -0.25) is 9.58 Å². The summed E-state index contributed by atoms with van der Waals surface area (Å²) in [6.07, 6.45) is 8.17. The molecule has 2 atom stereocenters. The van der Waals surface area contributed by atoms with E-state index in [0.717, 1.165) is 25.9 Å². The lowest BCUT2D eigenvalue weighted by molar-refractivity contribution is -0.00131. The number of aryl methyl sites for hydroxylation is 1. The number of rotatable bonds is 8. The quantitative estimate of drug-likeness (QED) is 0.687. The van der Waals surface area contributed by atoms with E-state index < -0.39 is 0 Å². The molecular weight excluding hydrogens is 312 g/mol. The summed E-state index contributed by atoms with van der Waals surface area (Å²) in [4.78, 5) is 6.91. The highest BCUT2D eigenvalue weighted by Gasteiger charge is 2.35. The molecule has 0 spiro atoms. The first-order chi connectivity index (χ1) is 11.3. The predicted molar refractivity (Wildman–Crippen MR) is 89.5 cm³/mol. The first-order valence-electron chi connectivity index (χ1n) is 7.96. The van der Waals surface area contributed by atoms with Crippen LogP contribution in [0.3, 0.4) is 0 Å². The van der Waals surface area contributed by atoms with E-state index in [0.29, 0.717) is 19.3 Å². The van der Waals surface area contributed by atoms with Gasteiger partial charge < -0.3 is 9.47 Å². The number of likely N-dealkylation sites (tertiary alicyclic amines) is 1. The molecule has 1 saturated heterocycles. The van der Waals surface area contributed by atoms with Gasteiger partial charge in [0.05, 0.1) is 32.1 Å². The molecule has 1 aliphatic rings. The Morgan fingerprint density at radius 3 is 3.00 bits per heavy atom. The predicted octanol–water partition coefficient (Wildman–Crippen LogP) is 1.73. The van der Waals surface area contributed by atoms with Crippen LogP contribution in [0, 0.1) is 0 Å². The molecule has 1 aliphatic heterocycles. The Labute approximate surface area is 141 Å². The second-order valence-corrected chi connectivity index (χ2v) is 6.86. The number of hydrogen-bond donors (Lipinski definition) is 0. The Bertz CT molecular complexity index is 587. The first-order valence-corrected chi connectivity index (χ1v) is 8.84. The number of methoxy groups -OCH3 is 1. The lowest BCUT2D eigenvalue weighted by Crippen LogP contribution is -2.38. The minimum Gasteiger partial charge on any atom is -0.382 e. The minimum atomic E-state index is 0.241. The van der Waals surface area contributed by atoms with E-state index in [9.17, 15) is 0 Å². The van der Waals surface area contributed by atoms with Crippen LogP contribution in [0.4, 0.5) is 0 Å². The van der Waals surface area contributed by atoms with Gasteiger partial charge in [-0.15, -0.1) is 11.3 Å². The van der Waals surface area contributed by atoms with Crippen molar-refractivity contribution in [3.05, 3.63) is 34.5 Å². The van der Waals surface area contributed by atoms with Crippen LogP contribution in [-0.4, -0.2) is 58.7 Å². The van der Waals surface area contributed by atoms with E-state index in [1.54, 1.807) is 18.4 Å². The van der Waals surface area contributed by atoms with Crippen LogP contribution < -0.4 is 0 Å². The standard InChI is InChI=1S/C16H24N4O2S/c1-19-11-13(10-18-19)9-14-15(22-7-6-21-2)3-5-20(14)12-16-17-4-8-23-16/h4,8,10-11,14-15H,3,5-7,9,12H2,1-2H3/t14-,15-/m0/s1. The van der Waals surface area contributed by atoms with Crippen molar-refractivity contribution in [3.63, 3.8) is 0 Å². The molecule has 3 heterocycles.